The number of ether oxygens (including phenoxy) is 1. The van der Waals surface area contributed by atoms with Gasteiger partial charge in [-0.2, -0.15) is 0 Å². The molecule has 0 saturated heterocycles. The van der Waals surface area contributed by atoms with Crippen LogP contribution in [0.1, 0.15) is 15.2 Å². The second kappa shape index (κ2) is 5.35. The fraction of sp³-hybridized carbons (Fsp3) is 0.0625. The molecule has 0 fully saturated rings. The molecule has 1 heterocycles. The molecule has 0 saturated carbocycles. The van der Waals surface area contributed by atoms with Crippen LogP contribution < -0.4 is 4.74 Å². The van der Waals surface area contributed by atoms with E-state index in [4.69, 9.17) is 4.74 Å². The third-order valence-corrected chi connectivity index (χ3v) is 4.22. The Kier molecular flexibility index (Phi) is 3.39. The minimum Gasteiger partial charge on any atom is -0.489 e. The van der Waals surface area contributed by atoms with Gasteiger partial charge in [0.1, 0.15) is 17.2 Å². The summed E-state index contributed by atoms with van der Waals surface area (Å²) in [6.45, 7) is 0.260. The Bertz CT molecular complexity index is 747. The van der Waals surface area contributed by atoms with E-state index in [0.717, 1.165) is 21.4 Å². The van der Waals surface area contributed by atoms with Crippen LogP contribution in [-0.2, 0) is 6.61 Å². The summed E-state index contributed by atoms with van der Waals surface area (Å²) in [5.74, 6) is -0.169. The van der Waals surface area contributed by atoms with Gasteiger partial charge in [-0.1, -0.05) is 36.4 Å². The lowest BCUT2D eigenvalue weighted by atomic mass is 10.1. The largest absolute Gasteiger partial charge is 0.489 e. The molecule has 100 valence electrons. The van der Waals surface area contributed by atoms with Crippen molar-refractivity contribution in [1.82, 2.24) is 0 Å². The van der Waals surface area contributed by atoms with E-state index >= 15 is 0 Å². The molecule has 1 aromatic heterocycles. The van der Waals surface area contributed by atoms with Crippen LogP contribution in [0.4, 0.5) is 0 Å². The standard InChI is InChI=1S/C16H12O3S/c17-16(18)15-13(10-19-11-6-2-1-3-7-11)12-8-4-5-9-14(12)20-15/h1-9H,10H2,(H,17,18). The van der Waals surface area contributed by atoms with Crippen molar-refractivity contribution in [2.45, 2.75) is 6.61 Å². The van der Waals surface area contributed by atoms with Crippen molar-refractivity contribution in [3.05, 3.63) is 65.0 Å². The van der Waals surface area contributed by atoms with Crippen molar-refractivity contribution in [2.75, 3.05) is 0 Å². The van der Waals surface area contributed by atoms with Crippen molar-refractivity contribution >= 4 is 27.4 Å². The quantitative estimate of drug-likeness (QED) is 0.781. The maximum absolute atomic E-state index is 11.4. The first kappa shape index (κ1) is 12.7. The number of aromatic carboxylic acids is 1. The molecule has 3 aromatic rings. The lowest BCUT2D eigenvalue weighted by molar-refractivity contribution is 0.0699. The van der Waals surface area contributed by atoms with Crippen LogP contribution in [-0.4, -0.2) is 11.1 Å². The average Bonchev–Trinajstić information content (AvgIpc) is 2.85. The molecule has 3 rings (SSSR count). The van der Waals surface area contributed by atoms with E-state index < -0.39 is 5.97 Å². The van der Waals surface area contributed by atoms with Gasteiger partial charge in [-0.05, 0) is 23.6 Å². The van der Waals surface area contributed by atoms with Crippen molar-refractivity contribution in [1.29, 1.82) is 0 Å². The first-order valence-corrected chi connectivity index (χ1v) is 6.99. The number of benzene rings is 2. The summed E-state index contributed by atoms with van der Waals surface area (Å²) in [5, 5.41) is 10.3. The summed E-state index contributed by atoms with van der Waals surface area (Å²) in [5.41, 5.74) is 0.738. The van der Waals surface area contributed by atoms with E-state index in [2.05, 4.69) is 0 Å². The Morgan fingerprint density at radius 3 is 2.50 bits per heavy atom. The van der Waals surface area contributed by atoms with E-state index in [0.29, 0.717) is 4.88 Å². The molecule has 0 aliphatic heterocycles. The zero-order chi connectivity index (χ0) is 13.9. The van der Waals surface area contributed by atoms with Crippen LogP contribution >= 0.6 is 11.3 Å². The van der Waals surface area contributed by atoms with E-state index in [1.54, 1.807) is 0 Å². The first-order chi connectivity index (χ1) is 9.75. The lowest BCUT2D eigenvalue weighted by Crippen LogP contribution is -2.02. The molecule has 0 bridgehead atoms. The van der Waals surface area contributed by atoms with Gasteiger partial charge in [0.2, 0.25) is 0 Å². The van der Waals surface area contributed by atoms with Crippen LogP contribution in [0.2, 0.25) is 0 Å². The minimum atomic E-state index is -0.905. The number of carboxylic acids is 1. The third kappa shape index (κ3) is 2.38. The monoisotopic (exact) mass is 284 g/mol. The van der Waals surface area contributed by atoms with E-state index in [-0.39, 0.29) is 6.61 Å². The van der Waals surface area contributed by atoms with Gasteiger partial charge in [-0.25, -0.2) is 4.79 Å². The molecule has 1 N–H and O–H groups in total. The Morgan fingerprint density at radius 2 is 1.75 bits per heavy atom. The molecule has 2 aromatic carbocycles. The maximum atomic E-state index is 11.4. The summed E-state index contributed by atoms with van der Waals surface area (Å²) in [7, 11) is 0. The SMILES string of the molecule is O=C(O)c1sc2ccccc2c1COc1ccccc1. The number of fused-ring (bicyclic) bond motifs is 1. The number of hydrogen-bond donors (Lipinski definition) is 1. The third-order valence-electron chi connectivity index (χ3n) is 3.02. The molecule has 0 aliphatic rings. The smallest absolute Gasteiger partial charge is 0.346 e. The Labute approximate surface area is 120 Å². The zero-order valence-electron chi connectivity index (χ0n) is 10.6. The molecule has 0 unspecified atom stereocenters. The molecule has 0 atom stereocenters. The average molecular weight is 284 g/mol. The highest BCUT2D eigenvalue weighted by atomic mass is 32.1. The highest BCUT2D eigenvalue weighted by Crippen LogP contribution is 2.32. The second-order valence-corrected chi connectivity index (χ2v) is 5.36. The van der Waals surface area contributed by atoms with Gasteiger partial charge in [0.25, 0.3) is 0 Å². The van der Waals surface area contributed by atoms with Crippen molar-refractivity contribution < 1.29 is 14.6 Å². The number of carbonyl (C=O) groups is 1. The van der Waals surface area contributed by atoms with Crippen LogP contribution in [0.15, 0.2) is 54.6 Å². The molecule has 3 nitrogen and oxygen atoms in total. The van der Waals surface area contributed by atoms with Gasteiger partial charge in [-0.15, -0.1) is 11.3 Å². The fourth-order valence-corrected chi connectivity index (χ4v) is 3.13. The van der Waals surface area contributed by atoms with Gasteiger partial charge in [-0.3, -0.25) is 0 Å². The van der Waals surface area contributed by atoms with Gasteiger partial charge >= 0.3 is 5.97 Å². The number of rotatable bonds is 4. The fourth-order valence-electron chi connectivity index (χ4n) is 2.09. The predicted octanol–water partition coefficient (Wildman–Crippen LogP) is 4.18. The molecule has 0 amide bonds. The highest BCUT2D eigenvalue weighted by molar-refractivity contribution is 7.21. The lowest BCUT2D eigenvalue weighted by Gasteiger charge is -2.06. The maximum Gasteiger partial charge on any atom is 0.346 e. The molecular weight excluding hydrogens is 272 g/mol. The highest BCUT2D eigenvalue weighted by Gasteiger charge is 2.17. The van der Waals surface area contributed by atoms with Crippen molar-refractivity contribution in [3.8, 4) is 5.75 Å². The van der Waals surface area contributed by atoms with Crippen LogP contribution in [0.3, 0.4) is 0 Å². The normalized spacial score (nSPS) is 10.6. The number of hydrogen-bond acceptors (Lipinski definition) is 3. The zero-order valence-corrected chi connectivity index (χ0v) is 11.4. The minimum absolute atomic E-state index is 0.260. The van der Waals surface area contributed by atoms with E-state index in [1.807, 2.05) is 54.6 Å². The van der Waals surface area contributed by atoms with Gasteiger partial charge in [0.15, 0.2) is 0 Å². The first-order valence-electron chi connectivity index (χ1n) is 6.17. The summed E-state index contributed by atoms with van der Waals surface area (Å²) < 4.78 is 6.66. The molecule has 0 aliphatic carbocycles. The van der Waals surface area contributed by atoms with Crippen molar-refractivity contribution in [2.24, 2.45) is 0 Å². The summed E-state index contributed by atoms with van der Waals surface area (Å²) in [6, 6.07) is 17.1. The van der Waals surface area contributed by atoms with Gasteiger partial charge < -0.3 is 9.84 Å². The van der Waals surface area contributed by atoms with Crippen LogP contribution in [0.25, 0.3) is 10.1 Å². The topological polar surface area (TPSA) is 46.5 Å². The van der Waals surface area contributed by atoms with Crippen LogP contribution in [0.5, 0.6) is 5.75 Å². The van der Waals surface area contributed by atoms with Crippen molar-refractivity contribution in [3.63, 3.8) is 0 Å². The Hall–Kier alpha value is -2.33. The molecule has 20 heavy (non-hydrogen) atoms. The van der Waals surface area contributed by atoms with Gasteiger partial charge in [0, 0.05) is 10.3 Å². The summed E-state index contributed by atoms with van der Waals surface area (Å²) in [4.78, 5) is 11.7. The van der Waals surface area contributed by atoms with Crippen LogP contribution in [0, 0.1) is 0 Å². The Balaban J connectivity index is 1.97. The van der Waals surface area contributed by atoms with Gasteiger partial charge in [0.05, 0.1) is 0 Å². The van der Waals surface area contributed by atoms with E-state index in [9.17, 15) is 9.90 Å². The second-order valence-electron chi connectivity index (χ2n) is 4.31. The Morgan fingerprint density at radius 1 is 1.05 bits per heavy atom. The number of para-hydroxylation sites is 1. The molecule has 0 radical (unpaired) electrons. The number of thiophene rings is 1. The molecular formula is C16H12O3S. The molecule has 4 heteroatoms. The summed E-state index contributed by atoms with van der Waals surface area (Å²) in [6.07, 6.45) is 0. The number of carboxylic acid groups (broad SMARTS) is 1. The molecule has 0 spiro atoms. The van der Waals surface area contributed by atoms with E-state index in [1.165, 1.54) is 11.3 Å². The summed E-state index contributed by atoms with van der Waals surface area (Å²) >= 11 is 1.29. The predicted molar refractivity (Wildman–Crippen MR) is 79.6 cm³/mol.